The summed E-state index contributed by atoms with van der Waals surface area (Å²) in [6.45, 7) is 3.38. The van der Waals surface area contributed by atoms with Crippen LogP contribution in [-0.4, -0.2) is 22.4 Å². The first-order valence-electron chi connectivity index (χ1n) is 8.74. The highest BCUT2D eigenvalue weighted by atomic mass is 16.2. The molecule has 0 fully saturated rings. The van der Waals surface area contributed by atoms with Gasteiger partial charge in [-0.1, -0.05) is 55.5 Å². The molecule has 1 aromatic heterocycles. The zero-order valence-electron chi connectivity index (χ0n) is 14.8. The van der Waals surface area contributed by atoms with Crippen LogP contribution in [-0.2, 0) is 6.54 Å². The first-order valence-corrected chi connectivity index (χ1v) is 8.74. The van der Waals surface area contributed by atoms with Crippen LogP contribution in [0.3, 0.4) is 0 Å². The van der Waals surface area contributed by atoms with Gasteiger partial charge in [-0.25, -0.2) is 9.97 Å². The molecule has 0 atom stereocenters. The molecule has 1 heterocycles. The molecular weight excluding hydrogens is 324 g/mol. The third kappa shape index (κ3) is 4.45. The van der Waals surface area contributed by atoms with E-state index in [0.717, 1.165) is 24.2 Å². The van der Waals surface area contributed by atoms with Crippen LogP contribution in [0.15, 0.2) is 73.1 Å². The molecule has 0 aliphatic heterocycles. The van der Waals surface area contributed by atoms with Gasteiger partial charge in [0.15, 0.2) is 0 Å². The normalized spacial score (nSPS) is 10.3. The second-order valence-electron chi connectivity index (χ2n) is 5.93. The van der Waals surface area contributed by atoms with Gasteiger partial charge in [0, 0.05) is 12.2 Å². The quantitative estimate of drug-likeness (QED) is 0.698. The molecule has 0 aliphatic carbocycles. The summed E-state index contributed by atoms with van der Waals surface area (Å²) in [7, 11) is 0. The van der Waals surface area contributed by atoms with Gasteiger partial charge in [0.25, 0.3) is 5.91 Å². The van der Waals surface area contributed by atoms with Gasteiger partial charge in [0.1, 0.15) is 11.5 Å². The SMILES string of the molecule is CCCNc1cnc(C(=O)N(Cc2ccccc2)c2ccccc2)cn1. The minimum Gasteiger partial charge on any atom is -0.369 e. The van der Waals surface area contributed by atoms with Crippen molar-refractivity contribution >= 4 is 17.4 Å². The Morgan fingerprint density at radius 1 is 0.962 bits per heavy atom. The van der Waals surface area contributed by atoms with Gasteiger partial charge in [-0.3, -0.25) is 4.79 Å². The molecule has 5 heteroatoms. The predicted octanol–water partition coefficient (Wildman–Crippen LogP) is 4.15. The minimum atomic E-state index is -0.172. The summed E-state index contributed by atoms with van der Waals surface area (Å²) in [5, 5.41) is 3.16. The van der Waals surface area contributed by atoms with E-state index in [1.165, 1.54) is 6.20 Å². The number of amides is 1. The Balaban J connectivity index is 1.85. The number of nitrogens with one attached hydrogen (secondary N) is 1. The molecule has 1 amide bonds. The number of hydrogen-bond acceptors (Lipinski definition) is 4. The highest BCUT2D eigenvalue weighted by molar-refractivity contribution is 6.04. The van der Waals surface area contributed by atoms with E-state index >= 15 is 0 Å². The Morgan fingerprint density at radius 2 is 1.65 bits per heavy atom. The molecule has 0 unspecified atom stereocenters. The maximum Gasteiger partial charge on any atom is 0.278 e. The lowest BCUT2D eigenvalue weighted by Crippen LogP contribution is -2.31. The minimum absolute atomic E-state index is 0.172. The van der Waals surface area contributed by atoms with Crippen molar-refractivity contribution < 1.29 is 4.79 Å². The van der Waals surface area contributed by atoms with E-state index in [9.17, 15) is 4.79 Å². The molecule has 0 aliphatic rings. The summed E-state index contributed by atoms with van der Waals surface area (Å²) in [5.41, 5.74) is 2.21. The molecule has 0 spiro atoms. The van der Waals surface area contributed by atoms with E-state index in [1.807, 2.05) is 60.7 Å². The topological polar surface area (TPSA) is 58.1 Å². The number of aromatic nitrogens is 2. The molecule has 0 radical (unpaired) electrons. The van der Waals surface area contributed by atoms with Crippen molar-refractivity contribution in [1.82, 2.24) is 9.97 Å². The zero-order valence-corrected chi connectivity index (χ0v) is 14.8. The Hall–Kier alpha value is -3.21. The van der Waals surface area contributed by atoms with Crippen molar-refractivity contribution in [3.05, 3.63) is 84.3 Å². The highest BCUT2D eigenvalue weighted by Gasteiger charge is 2.19. The van der Waals surface area contributed by atoms with Gasteiger partial charge in [0.2, 0.25) is 0 Å². The number of carbonyl (C=O) groups is 1. The van der Waals surface area contributed by atoms with E-state index < -0.39 is 0 Å². The fourth-order valence-corrected chi connectivity index (χ4v) is 2.58. The smallest absolute Gasteiger partial charge is 0.278 e. The first kappa shape index (κ1) is 17.6. The van der Waals surface area contributed by atoms with Crippen molar-refractivity contribution in [3.8, 4) is 0 Å². The molecule has 0 bridgehead atoms. The largest absolute Gasteiger partial charge is 0.369 e. The molecule has 0 saturated carbocycles. The summed E-state index contributed by atoms with van der Waals surface area (Å²) in [6.07, 6.45) is 4.14. The van der Waals surface area contributed by atoms with Crippen LogP contribution in [0.1, 0.15) is 29.4 Å². The maximum absolute atomic E-state index is 13.1. The van der Waals surface area contributed by atoms with E-state index in [1.54, 1.807) is 11.1 Å². The number of benzene rings is 2. The second kappa shape index (κ2) is 8.76. The predicted molar refractivity (Wildman–Crippen MR) is 104 cm³/mol. The molecule has 3 rings (SSSR count). The second-order valence-corrected chi connectivity index (χ2v) is 5.93. The van der Waals surface area contributed by atoms with E-state index in [-0.39, 0.29) is 5.91 Å². The number of nitrogens with zero attached hydrogens (tertiary/aromatic N) is 3. The summed E-state index contributed by atoms with van der Waals surface area (Å²) >= 11 is 0. The standard InChI is InChI=1S/C21H22N4O/c1-2-13-22-20-15-23-19(14-24-20)21(26)25(18-11-7-4-8-12-18)16-17-9-5-3-6-10-17/h3-12,14-15H,2,13,16H2,1H3,(H,22,24). The van der Waals surface area contributed by atoms with Gasteiger partial charge < -0.3 is 10.2 Å². The fourth-order valence-electron chi connectivity index (χ4n) is 2.58. The average Bonchev–Trinajstić information content (AvgIpc) is 2.72. The summed E-state index contributed by atoms with van der Waals surface area (Å²) in [5.74, 6) is 0.507. The zero-order chi connectivity index (χ0) is 18.2. The van der Waals surface area contributed by atoms with Crippen LogP contribution in [0, 0.1) is 0 Å². The van der Waals surface area contributed by atoms with Crippen molar-refractivity contribution in [2.75, 3.05) is 16.8 Å². The molecular formula is C21H22N4O. The third-order valence-corrected chi connectivity index (χ3v) is 3.92. The highest BCUT2D eigenvalue weighted by Crippen LogP contribution is 2.19. The first-order chi connectivity index (χ1) is 12.8. The van der Waals surface area contributed by atoms with Crippen LogP contribution in [0.5, 0.6) is 0 Å². The maximum atomic E-state index is 13.1. The molecule has 132 valence electrons. The summed E-state index contributed by atoms with van der Waals surface area (Å²) in [6, 6.07) is 19.5. The van der Waals surface area contributed by atoms with Gasteiger partial charge in [-0.15, -0.1) is 0 Å². The van der Waals surface area contributed by atoms with Crippen LogP contribution in [0.2, 0.25) is 0 Å². The summed E-state index contributed by atoms with van der Waals surface area (Å²) < 4.78 is 0. The van der Waals surface area contributed by atoms with Crippen LogP contribution < -0.4 is 10.2 Å². The lowest BCUT2D eigenvalue weighted by atomic mass is 10.2. The third-order valence-electron chi connectivity index (χ3n) is 3.92. The molecule has 5 nitrogen and oxygen atoms in total. The fraction of sp³-hybridized carbons (Fsp3) is 0.190. The number of anilines is 2. The monoisotopic (exact) mass is 346 g/mol. The molecule has 3 aromatic rings. The molecule has 2 aromatic carbocycles. The number of carbonyl (C=O) groups excluding carboxylic acids is 1. The van der Waals surface area contributed by atoms with Crippen LogP contribution >= 0.6 is 0 Å². The summed E-state index contributed by atoms with van der Waals surface area (Å²) in [4.78, 5) is 23.4. The Labute approximate surface area is 153 Å². The van der Waals surface area contributed by atoms with Gasteiger partial charge >= 0.3 is 0 Å². The van der Waals surface area contributed by atoms with Crippen molar-refractivity contribution in [2.24, 2.45) is 0 Å². The number of hydrogen-bond donors (Lipinski definition) is 1. The van der Waals surface area contributed by atoms with Crippen molar-refractivity contribution in [1.29, 1.82) is 0 Å². The van der Waals surface area contributed by atoms with Crippen LogP contribution in [0.4, 0.5) is 11.5 Å². The van der Waals surface area contributed by atoms with E-state index in [2.05, 4.69) is 22.2 Å². The molecule has 1 N–H and O–H groups in total. The van der Waals surface area contributed by atoms with Gasteiger partial charge in [-0.05, 0) is 24.1 Å². The van der Waals surface area contributed by atoms with Gasteiger partial charge in [-0.2, -0.15) is 0 Å². The van der Waals surface area contributed by atoms with Crippen LogP contribution in [0.25, 0.3) is 0 Å². The molecule has 26 heavy (non-hydrogen) atoms. The Morgan fingerprint density at radius 3 is 2.27 bits per heavy atom. The lowest BCUT2D eigenvalue weighted by Gasteiger charge is -2.22. The molecule has 0 saturated heterocycles. The van der Waals surface area contributed by atoms with E-state index in [4.69, 9.17) is 0 Å². The van der Waals surface area contributed by atoms with Gasteiger partial charge in [0.05, 0.1) is 18.9 Å². The average molecular weight is 346 g/mol. The van der Waals surface area contributed by atoms with E-state index in [0.29, 0.717) is 18.1 Å². The Bertz CT molecular complexity index is 820. The number of rotatable bonds is 7. The Kier molecular flexibility index (Phi) is 5.93. The van der Waals surface area contributed by atoms with Crippen molar-refractivity contribution in [3.63, 3.8) is 0 Å². The van der Waals surface area contributed by atoms with Crippen molar-refractivity contribution in [2.45, 2.75) is 19.9 Å². The lowest BCUT2D eigenvalue weighted by molar-refractivity contribution is 0.0980. The number of para-hydroxylation sites is 1.